The van der Waals surface area contributed by atoms with Crippen LogP contribution < -0.4 is 4.74 Å². The van der Waals surface area contributed by atoms with Gasteiger partial charge in [0.1, 0.15) is 5.75 Å². The number of hydrogen-bond acceptors (Lipinski definition) is 4. The lowest BCUT2D eigenvalue weighted by Crippen LogP contribution is -2.34. The summed E-state index contributed by atoms with van der Waals surface area (Å²) in [7, 11) is 0. The maximum atomic E-state index is 11.0. The van der Waals surface area contributed by atoms with Crippen LogP contribution in [0, 0.1) is 5.92 Å². The smallest absolute Gasteiger partial charge is 0.333 e. The number of aryl methyl sites for hydroxylation is 1. The van der Waals surface area contributed by atoms with Gasteiger partial charge < -0.3 is 20.1 Å². The molecule has 2 atom stereocenters. The molecule has 0 aliphatic carbocycles. The van der Waals surface area contributed by atoms with E-state index in [0.717, 1.165) is 11.3 Å². The topological polar surface area (TPSA) is 104 Å². The maximum absolute atomic E-state index is 11.0. The molecule has 0 amide bonds. The van der Waals surface area contributed by atoms with Gasteiger partial charge in [-0.1, -0.05) is 12.1 Å². The van der Waals surface area contributed by atoms with E-state index in [0.29, 0.717) is 19.4 Å². The fourth-order valence-electron chi connectivity index (χ4n) is 2.03. The fourth-order valence-corrected chi connectivity index (χ4v) is 2.03. The van der Waals surface area contributed by atoms with Gasteiger partial charge in [-0.3, -0.25) is 4.79 Å². The zero-order chi connectivity index (χ0) is 15.8. The molecule has 1 aromatic carbocycles. The lowest BCUT2D eigenvalue weighted by Gasteiger charge is -2.15. The van der Waals surface area contributed by atoms with Crippen molar-refractivity contribution >= 4 is 11.9 Å². The molecule has 1 unspecified atom stereocenters. The van der Waals surface area contributed by atoms with Gasteiger partial charge in [-0.2, -0.15) is 0 Å². The number of aliphatic hydroxyl groups excluding tert-OH is 1. The van der Waals surface area contributed by atoms with E-state index in [1.165, 1.54) is 0 Å². The monoisotopic (exact) mass is 296 g/mol. The second-order valence-electron chi connectivity index (χ2n) is 4.70. The van der Waals surface area contributed by atoms with Crippen molar-refractivity contribution in [1.29, 1.82) is 0 Å². The summed E-state index contributed by atoms with van der Waals surface area (Å²) in [6.07, 6.45) is -0.670. The summed E-state index contributed by atoms with van der Waals surface area (Å²) in [6, 6.07) is 7.43. The Morgan fingerprint density at radius 1 is 1.14 bits per heavy atom. The summed E-state index contributed by atoms with van der Waals surface area (Å²) >= 11 is 0. The molecule has 3 N–H and O–H groups in total. The highest BCUT2D eigenvalue weighted by atomic mass is 16.5. The summed E-state index contributed by atoms with van der Waals surface area (Å²) in [5, 5.41) is 27.0. The number of carbonyl (C=O) groups is 2. The summed E-state index contributed by atoms with van der Waals surface area (Å²) in [4.78, 5) is 21.6. The Morgan fingerprint density at radius 2 is 1.76 bits per heavy atom. The van der Waals surface area contributed by atoms with Crippen LogP contribution in [0.4, 0.5) is 0 Å². The minimum atomic E-state index is -1.87. The van der Waals surface area contributed by atoms with Crippen molar-refractivity contribution in [2.45, 2.75) is 32.3 Å². The summed E-state index contributed by atoms with van der Waals surface area (Å²) in [5.41, 5.74) is 1.01. The van der Waals surface area contributed by atoms with Crippen LogP contribution >= 0.6 is 0 Å². The first kappa shape index (κ1) is 17.0. The number of rotatable bonds is 9. The Hall–Kier alpha value is -2.08. The Labute approximate surface area is 123 Å². The Kier molecular flexibility index (Phi) is 6.68. The first-order valence-corrected chi connectivity index (χ1v) is 6.81. The van der Waals surface area contributed by atoms with Crippen LogP contribution in [-0.4, -0.2) is 40.0 Å². The molecule has 116 valence electrons. The Bertz CT molecular complexity index is 468. The van der Waals surface area contributed by atoms with Crippen molar-refractivity contribution in [3.63, 3.8) is 0 Å². The van der Waals surface area contributed by atoms with Gasteiger partial charge in [-0.25, -0.2) is 4.79 Å². The quantitative estimate of drug-likeness (QED) is 0.638. The first-order chi connectivity index (χ1) is 9.95. The van der Waals surface area contributed by atoms with Gasteiger partial charge in [0, 0.05) is 0 Å². The largest absolute Gasteiger partial charge is 0.494 e. The van der Waals surface area contributed by atoms with Gasteiger partial charge in [0.25, 0.3) is 0 Å². The van der Waals surface area contributed by atoms with E-state index < -0.39 is 24.0 Å². The van der Waals surface area contributed by atoms with Crippen LogP contribution in [-0.2, 0) is 16.0 Å². The molecule has 0 saturated heterocycles. The highest BCUT2D eigenvalue weighted by Gasteiger charge is 2.31. The lowest BCUT2D eigenvalue weighted by atomic mass is 9.94. The number of hydrogen-bond donors (Lipinski definition) is 3. The third-order valence-corrected chi connectivity index (χ3v) is 3.17. The van der Waals surface area contributed by atoms with Gasteiger partial charge >= 0.3 is 11.9 Å². The van der Waals surface area contributed by atoms with Gasteiger partial charge in [0.05, 0.1) is 12.5 Å². The van der Waals surface area contributed by atoms with E-state index in [-0.39, 0.29) is 6.42 Å². The van der Waals surface area contributed by atoms with Crippen molar-refractivity contribution in [2.24, 2.45) is 5.92 Å². The standard InChI is InChI=1S/C15H20O6/c1-2-21-11-8-6-10(7-9-11)4-3-5-12(14(17)18)13(16)15(19)20/h6-9,12-13,16H,2-5H2,1H3,(H,17,18)(H,19,20)/t12?,13-/m0/s1. The van der Waals surface area contributed by atoms with E-state index in [2.05, 4.69) is 0 Å². The molecular weight excluding hydrogens is 276 g/mol. The van der Waals surface area contributed by atoms with E-state index in [1.807, 2.05) is 31.2 Å². The van der Waals surface area contributed by atoms with Gasteiger partial charge in [-0.05, 0) is 43.9 Å². The molecule has 0 fully saturated rings. The average molecular weight is 296 g/mol. The van der Waals surface area contributed by atoms with E-state index in [9.17, 15) is 14.7 Å². The molecule has 6 nitrogen and oxygen atoms in total. The summed E-state index contributed by atoms with van der Waals surface area (Å²) < 4.78 is 5.32. The van der Waals surface area contributed by atoms with E-state index in [1.54, 1.807) is 0 Å². The number of benzene rings is 1. The molecule has 0 bridgehead atoms. The second-order valence-corrected chi connectivity index (χ2v) is 4.70. The van der Waals surface area contributed by atoms with Crippen LogP contribution in [0.25, 0.3) is 0 Å². The highest BCUT2D eigenvalue weighted by Crippen LogP contribution is 2.17. The molecule has 1 aromatic rings. The molecule has 0 spiro atoms. The lowest BCUT2D eigenvalue weighted by molar-refractivity contribution is -0.159. The molecule has 0 aliphatic heterocycles. The predicted octanol–water partition coefficient (Wildman–Crippen LogP) is 1.55. The molecule has 21 heavy (non-hydrogen) atoms. The number of aliphatic hydroxyl groups is 1. The summed E-state index contributed by atoms with van der Waals surface area (Å²) in [6.45, 7) is 2.49. The van der Waals surface area contributed by atoms with Crippen molar-refractivity contribution in [1.82, 2.24) is 0 Å². The van der Waals surface area contributed by atoms with Crippen molar-refractivity contribution in [3.8, 4) is 5.75 Å². The van der Waals surface area contributed by atoms with E-state index >= 15 is 0 Å². The minimum Gasteiger partial charge on any atom is -0.494 e. The van der Waals surface area contributed by atoms with Crippen molar-refractivity contribution in [3.05, 3.63) is 29.8 Å². The molecule has 0 radical (unpaired) electrons. The van der Waals surface area contributed by atoms with Crippen LogP contribution in [0.1, 0.15) is 25.3 Å². The van der Waals surface area contributed by atoms with Gasteiger partial charge in [0.2, 0.25) is 0 Å². The normalized spacial score (nSPS) is 13.4. The number of aliphatic carboxylic acids is 2. The average Bonchev–Trinajstić information content (AvgIpc) is 2.44. The SMILES string of the molecule is CCOc1ccc(CCCC(C(=O)O)[C@H](O)C(=O)O)cc1. The summed E-state index contributed by atoms with van der Waals surface area (Å²) in [5.74, 6) is -3.32. The third kappa shape index (κ3) is 5.43. The highest BCUT2D eigenvalue weighted by molar-refractivity contribution is 5.81. The molecule has 6 heteroatoms. The fraction of sp³-hybridized carbons (Fsp3) is 0.467. The first-order valence-electron chi connectivity index (χ1n) is 6.81. The van der Waals surface area contributed by atoms with Crippen LogP contribution in [0.15, 0.2) is 24.3 Å². The second kappa shape index (κ2) is 8.26. The van der Waals surface area contributed by atoms with Crippen LogP contribution in [0.5, 0.6) is 5.75 Å². The molecular formula is C15H20O6. The number of carboxylic acids is 2. The van der Waals surface area contributed by atoms with E-state index in [4.69, 9.17) is 14.9 Å². The number of ether oxygens (including phenoxy) is 1. The van der Waals surface area contributed by atoms with Crippen LogP contribution in [0.2, 0.25) is 0 Å². The Balaban J connectivity index is 2.50. The van der Waals surface area contributed by atoms with Crippen molar-refractivity contribution in [2.75, 3.05) is 6.61 Å². The van der Waals surface area contributed by atoms with Gasteiger partial charge in [0.15, 0.2) is 6.10 Å². The molecule has 0 saturated carbocycles. The van der Waals surface area contributed by atoms with Gasteiger partial charge in [-0.15, -0.1) is 0 Å². The minimum absolute atomic E-state index is 0.107. The van der Waals surface area contributed by atoms with Crippen LogP contribution in [0.3, 0.4) is 0 Å². The molecule has 0 aromatic heterocycles. The van der Waals surface area contributed by atoms with Crippen molar-refractivity contribution < 1.29 is 29.6 Å². The third-order valence-electron chi connectivity index (χ3n) is 3.17. The molecule has 1 rings (SSSR count). The molecule has 0 aliphatic rings. The predicted molar refractivity (Wildman–Crippen MR) is 75.3 cm³/mol. The zero-order valence-electron chi connectivity index (χ0n) is 11.9. The molecule has 0 heterocycles. The Morgan fingerprint density at radius 3 is 2.24 bits per heavy atom. The zero-order valence-corrected chi connectivity index (χ0v) is 11.9. The maximum Gasteiger partial charge on any atom is 0.333 e. The number of carboxylic acid groups (broad SMARTS) is 2.